The Kier molecular flexibility index (Phi) is 3.95. The average Bonchev–Trinajstić information content (AvgIpc) is 2.19. The van der Waals surface area contributed by atoms with Crippen LogP contribution in [0.4, 0.5) is 0 Å². The lowest BCUT2D eigenvalue weighted by molar-refractivity contribution is -0.165. The molecule has 0 aliphatic carbocycles. The molecule has 0 N–H and O–H groups in total. The van der Waals surface area contributed by atoms with E-state index in [1.807, 2.05) is 6.07 Å². The van der Waals surface area contributed by atoms with Crippen molar-refractivity contribution in [3.05, 3.63) is 35.9 Å². The van der Waals surface area contributed by atoms with Crippen molar-refractivity contribution in [3.8, 4) is 0 Å². The topological polar surface area (TPSA) is 55.4 Å². The molecule has 1 aromatic rings. The lowest BCUT2D eigenvalue weighted by Crippen LogP contribution is -2.08. The maximum absolute atomic E-state index is 10.2. The molecular weight excluding hydrogens is 172 g/mol. The van der Waals surface area contributed by atoms with Crippen LogP contribution < -0.4 is 0 Å². The molecule has 1 aromatic carbocycles. The van der Waals surface area contributed by atoms with Gasteiger partial charge in [-0.1, -0.05) is 30.3 Å². The maximum Gasteiger partial charge on any atom is 0.420 e. The molecule has 2 radical (unpaired) electrons. The largest absolute Gasteiger partial charge is 0.423 e. The Morgan fingerprint density at radius 2 is 2.00 bits per heavy atom. The Balaban J connectivity index is 2.69. The van der Waals surface area contributed by atoms with Crippen molar-refractivity contribution < 1.29 is 19.4 Å². The van der Waals surface area contributed by atoms with Crippen molar-refractivity contribution >= 4 is 6.47 Å². The number of benzene rings is 1. The van der Waals surface area contributed by atoms with Gasteiger partial charge in [-0.3, -0.25) is 0 Å². The standard InChI is InChI=1S/C9H8O4/c10-6-12-9(13-7-11)8-4-2-1-3-5-8/h1-5,9H,6H2. The Hall–Kier alpha value is -1.39. The van der Waals surface area contributed by atoms with Gasteiger partial charge < -0.3 is 9.47 Å². The van der Waals surface area contributed by atoms with Crippen molar-refractivity contribution in [1.82, 2.24) is 0 Å². The van der Waals surface area contributed by atoms with E-state index in [1.54, 1.807) is 24.3 Å². The Labute approximate surface area is 75.7 Å². The van der Waals surface area contributed by atoms with Gasteiger partial charge in [0, 0.05) is 5.56 Å². The van der Waals surface area contributed by atoms with Crippen LogP contribution in [0.15, 0.2) is 30.3 Å². The molecule has 4 nitrogen and oxygen atoms in total. The van der Waals surface area contributed by atoms with Gasteiger partial charge in [-0.05, 0) is 0 Å². The van der Waals surface area contributed by atoms with E-state index in [1.165, 1.54) is 6.47 Å². The normalized spacial score (nSPS) is 12.1. The molecule has 0 aromatic heterocycles. The Morgan fingerprint density at radius 3 is 2.54 bits per heavy atom. The molecule has 0 heterocycles. The summed E-state index contributed by atoms with van der Waals surface area (Å²) in [6, 6.07) is 8.70. The van der Waals surface area contributed by atoms with E-state index in [0.29, 0.717) is 5.56 Å². The summed E-state index contributed by atoms with van der Waals surface area (Å²) in [6.45, 7) is 0.475. The minimum Gasteiger partial charge on any atom is -0.423 e. The zero-order valence-electron chi connectivity index (χ0n) is 6.80. The third-order valence-electron chi connectivity index (χ3n) is 1.45. The summed E-state index contributed by atoms with van der Waals surface area (Å²) in [4.78, 5) is 9.93. The maximum atomic E-state index is 10.2. The first-order chi connectivity index (χ1) is 6.38. The summed E-state index contributed by atoms with van der Waals surface area (Å²) in [6.07, 6.45) is -0.948. The van der Waals surface area contributed by atoms with Crippen molar-refractivity contribution in [3.63, 3.8) is 0 Å². The van der Waals surface area contributed by atoms with Crippen LogP contribution in [0.5, 0.6) is 0 Å². The Morgan fingerprint density at radius 1 is 1.31 bits per heavy atom. The fraction of sp³-hybridized carbons (Fsp3) is 0.222. The summed E-state index contributed by atoms with van der Waals surface area (Å²) in [5.41, 5.74) is 0.613. The predicted octanol–water partition coefficient (Wildman–Crippen LogP) is 1.17. The second-order valence-electron chi connectivity index (χ2n) is 2.23. The van der Waals surface area contributed by atoms with Crippen molar-refractivity contribution in [2.24, 2.45) is 0 Å². The molecule has 0 bridgehead atoms. The van der Waals surface area contributed by atoms with E-state index >= 15 is 0 Å². The van der Waals surface area contributed by atoms with E-state index in [0.717, 1.165) is 0 Å². The van der Waals surface area contributed by atoms with Crippen LogP contribution in [0.2, 0.25) is 0 Å². The molecule has 0 aliphatic heterocycles. The molecule has 1 unspecified atom stereocenters. The molecule has 68 valence electrons. The number of hydrogen-bond donors (Lipinski definition) is 0. The van der Waals surface area contributed by atoms with Crippen LogP contribution in [-0.2, 0) is 19.4 Å². The molecule has 1 rings (SSSR count). The van der Waals surface area contributed by atoms with Crippen LogP contribution >= 0.6 is 0 Å². The minimum absolute atomic E-state index is 0.613. The van der Waals surface area contributed by atoms with Gasteiger partial charge in [-0.25, -0.2) is 9.90 Å². The van der Waals surface area contributed by atoms with Crippen LogP contribution in [0.1, 0.15) is 11.9 Å². The molecule has 0 saturated carbocycles. The van der Waals surface area contributed by atoms with Crippen molar-refractivity contribution in [2.75, 3.05) is 6.79 Å². The van der Waals surface area contributed by atoms with Gasteiger partial charge in [0.05, 0.1) is 0 Å². The molecule has 1 atom stereocenters. The summed E-state index contributed by atoms with van der Waals surface area (Å²) in [5, 5.41) is 10.2. The molecule has 13 heavy (non-hydrogen) atoms. The van der Waals surface area contributed by atoms with E-state index in [2.05, 4.69) is 9.47 Å². The molecule has 0 fully saturated rings. The fourth-order valence-corrected chi connectivity index (χ4v) is 0.914. The van der Waals surface area contributed by atoms with Crippen LogP contribution in [0, 0.1) is 0 Å². The van der Waals surface area contributed by atoms with Gasteiger partial charge in [-0.2, -0.15) is 0 Å². The monoisotopic (exact) mass is 180 g/mol. The van der Waals surface area contributed by atoms with Gasteiger partial charge in [0.2, 0.25) is 6.29 Å². The second-order valence-corrected chi connectivity index (χ2v) is 2.23. The highest BCUT2D eigenvalue weighted by Gasteiger charge is 2.11. The third-order valence-corrected chi connectivity index (χ3v) is 1.45. The highest BCUT2D eigenvalue weighted by atomic mass is 16.7. The lowest BCUT2D eigenvalue weighted by Gasteiger charge is -2.12. The molecule has 4 heteroatoms. The van der Waals surface area contributed by atoms with E-state index in [-0.39, 0.29) is 0 Å². The van der Waals surface area contributed by atoms with E-state index in [4.69, 9.17) is 0 Å². The highest BCUT2D eigenvalue weighted by Crippen LogP contribution is 2.16. The predicted molar refractivity (Wildman–Crippen MR) is 42.6 cm³/mol. The van der Waals surface area contributed by atoms with Gasteiger partial charge in [0.25, 0.3) is 0 Å². The first kappa shape index (κ1) is 9.70. The zero-order chi connectivity index (χ0) is 9.52. The number of carbonyl (C=O) groups excluding carboxylic acids is 1. The fourth-order valence-electron chi connectivity index (χ4n) is 0.914. The quantitative estimate of drug-likeness (QED) is 0.639. The molecule has 0 amide bonds. The van der Waals surface area contributed by atoms with Gasteiger partial charge in [0.15, 0.2) is 6.79 Å². The summed E-state index contributed by atoms with van der Waals surface area (Å²) in [7, 11) is 0. The van der Waals surface area contributed by atoms with Crippen LogP contribution in [0.3, 0.4) is 0 Å². The number of hydrogen-bond acceptors (Lipinski definition) is 3. The third kappa shape index (κ3) is 2.85. The van der Waals surface area contributed by atoms with Crippen molar-refractivity contribution in [1.29, 1.82) is 0 Å². The van der Waals surface area contributed by atoms with Gasteiger partial charge in [0.1, 0.15) is 0 Å². The summed E-state index contributed by atoms with van der Waals surface area (Å²) < 4.78 is 9.07. The first-order valence-electron chi connectivity index (χ1n) is 3.66. The molecule has 0 saturated heterocycles. The second kappa shape index (κ2) is 5.29. The molecule has 0 spiro atoms. The minimum atomic E-state index is -0.948. The van der Waals surface area contributed by atoms with Crippen LogP contribution in [-0.4, -0.2) is 13.3 Å². The van der Waals surface area contributed by atoms with Crippen LogP contribution in [0.25, 0.3) is 0 Å². The van der Waals surface area contributed by atoms with Crippen molar-refractivity contribution in [2.45, 2.75) is 6.29 Å². The highest BCUT2D eigenvalue weighted by molar-refractivity contribution is 5.39. The van der Waals surface area contributed by atoms with Gasteiger partial charge >= 0.3 is 6.47 Å². The first-order valence-corrected chi connectivity index (χ1v) is 3.66. The molecular formula is C9H8O4. The number of rotatable bonds is 5. The SMILES string of the molecule is [O]COC(O[C]=O)c1ccccc1. The smallest absolute Gasteiger partial charge is 0.420 e. The average molecular weight is 180 g/mol. The van der Waals surface area contributed by atoms with Gasteiger partial charge in [-0.15, -0.1) is 0 Å². The lowest BCUT2D eigenvalue weighted by atomic mass is 10.2. The summed E-state index contributed by atoms with van der Waals surface area (Å²) in [5.74, 6) is 0. The summed E-state index contributed by atoms with van der Waals surface area (Å²) >= 11 is 0. The van der Waals surface area contributed by atoms with E-state index < -0.39 is 13.1 Å². The Bertz CT molecular complexity index is 247. The number of ether oxygens (including phenoxy) is 2. The van der Waals surface area contributed by atoms with E-state index in [9.17, 15) is 9.90 Å². The zero-order valence-corrected chi connectivity index (χ0v) is 6.80. The molecule has 0 aliphatic rings.